The second-order valence-corrected chi connectivity index (χ2v) is 16.1. The highest BCUT2D eigenvalue weighted by Crippen LogP contribution is 2.45. The SMILES string of the molecule is CC(C)CC[C@H]1CCC[C@H](NC(=O)O)C(=O)O[C@@H](C)[C@@H]1O[Si](C(C)C)(C(C)C)C(C)C. The van der Waals surface area contributed by atoms with Gasteiger partial charge in [0.1, 0.15) is 12.1 Å². The van der Waals surface area contributed by atoms with Gasteiger partial charge in [0.25, 0.3) is 0 Å². The fourth-order valence-electron chi connectivity index (χ4n) is 5.55. The highest BCUT2D eigenvalue weighted by molar-refractivity contribution is 6.77. The Morgan fingerprint density at radius 2 is 1.65 bits per heavy atom. The molecule has 1 fully saturated rings. The number of nitrogens with one attached hydrogen (secondary N) is 1. The smallest absolute Gasteiger partial charge is 0.405 e. The van der Waals surface area contributed by atoms with Gasteiger partial charge in [0.05, 0.1) is 6.10 Å². The Bertz CT molecular complexity index is 557. The van der Waals surface area contributed by atoms with Crippen molar-refractivity contribution in [1.82, 2.24) is 5.32 Å². The van der Waals surface area contributed by atoms with E-state index in [-0.39, 0.29) is 12.0 Å². The first-order chi connectivity index (χ1) is 14.3. The minimum absolute atomic E-state index is 0.162. The van der Waals surface area contributed by atoms with Gasteiger partial charge in [-0.2, -0.15) is 0 Å². The van der Waals surface area contributed by atoms with Gasteiger partial charge >= 0.3 is 12.1 Å². The van der Waals surface area contributed by atoms with Crippen molar-refractivity contribution >= 4 is 20.4 Å². The third kappa shape index (κ3) is 7.48. The molecule has 1 rings (SSSR count). The van der Waals surface area contributed by atoms with Gasteiger partial charge in [0.2, 0.25) is 8.32 Å². The van der Waals surface area contributed by atoms with E-state index in [4.69, 9.17) is 14.3 Å². The van der Waals surface area contributed by atoms with Gasteiger partial charge in [-0.3, -0.25) is 0 Å². The molecule has 0 unspecified atom stereocenters. The number of amides is 1. The third-order valence-corrected chi connectivity index (χ3v) is 13.1. The summed E-state index contributed by atoms with van der Waals surface area (Å²) in [5.41, 5.74) is 1.32. The average Bonchev–Trinajstić information content (AvgIpc) is 2.67. The number of esters is 1. The van der Waals surface area contributed by atoms with Crippen LogP contribution in [0.4, 0.5) is 4.79 Å². The largest absolute Gasteiger partial charge is 0.465 e. The van der Waals surface area contributed by atoms with E-state index >= 15 is 0 Å². The Kier molecular flexibility index (Phi) is 11.0. The summed E-state index contributed by atoms with van der Waals surface area (Å²) >= 11 is 0. The summed E-state index contributed by atoms with van der Waals surface area (Å²) in [5, 5.41) is 11.5. The Hall–Kier alpha value is -1.08. The number of rotatable bonds is 9. The van der Waals surface area contributed by atoms with E-state index in [0.29, 0.717) is 29.0 Å². The predicted molar refractivity (Wildman–Crippen MR) is 128 cm³/mol. The highest BCUT2D eigenvalue weighted by atomic mass is 28.4. The summed E-state index contributed by atoms with van der Waals surface area (Å²) in [6.07, 6.45) is 2.51. The minimum atomic E-state index is -2.18. The molecule has 0 bridgehead atoms. The van der Waals surface area contributed by atoms with E-state index in [0.717, 1.165) is 25.7 Å². The maximum atomic E-state index is 12.8. The first-order valence-corrected chi connectivity index (χ1v) is 14.3. The maximum absolute atomic E-state index is 12.8. The van der Waals surface area contributed by atoms with E-state index in [1.54, 1.807) is 0 Å². The number of hydrogen-bond donors (Lipinski definition) is 2. The first-order valence-electron chi connectivity index (χ1n) is 12.2. The summed E-state index contributed by atoms with van der Waals surface area (Å²) in [6.45, 7) is 20.0. The van der Waals surface area contributed by atoms with E-state index in [1.165, 1.54) is 0 Å². The predicted octanol–water partition coefficient (Wildman–Crippen LogP) is 6.35. The fourth-order valence-corrected chi connectivity index (χ4v) is 11.2. The number of carboxylic acid groups (broad SMARTS) is 1. The molecule has 0 aromatic rings. The van der Waals surface area contributed by atoms with Crippen molar-refractivity contribution in [3.63, 3.8) is 0 Å². The fraction of sp³-hybridized carbons (Fsp3) is 0.917. The van der Waals surface area contributed by atoms with E-state index < -0.39 is 32.5 Å². The highest BCUT2D eigenvalue weighted by Gasteiger charge is 2.49. The third-order valence-electron chi connectivity index (χ3n) is 7.04. The summed E-state index contributed by atoms with van der Waals surface area (Å²) in [5.74, 6) is 0.394. The second-order valence-electron chi connectivity index (χ2n) is 10.7. The zero-order chi connectivity index (χ0) is 23.9. The normalized spacial score (nSPS) is 26.0. The number of carbonyl (C=O) groups is 2. The van der Waals surface area contributed by atoms with Crippen molar-refractivity contribution in [2.75, 3.05) is 0 Å². The Labute approximate surface area is 191 Å². The molecule has 1 aliphatic heterocycles. The van der Waals surface area contributed by atoms with E-state index in [1.807, 2.05) is 6.92 Å². The van der Waals surface area contributed by atoms with Gasteiger partial charge in [0, 0.05) is 0 Å². The molecule has 1 aliphatic rings. The lowest BCUT2D eigenvalue weighted by molar-refractivity contribution is -0.156. The Balaban J connectivity index is 3.32. The van der Waals surface area contributed by atoms with Crippen molar-refractivity contribution in [2.45, 2.75) is 129 Å². The molecule has 0 radical (unpaired) electrons. The zero-order valence-corrected chi connectivity index (χ0v) is 22.2. The van der Waals surface area contributed by atoms with Crippen molar-refractivity contribution < 1.29 is 23.9 Å². The quantitative estimate of drug-likeness (QED) is 0.311. The van der Waals surface area contributed by atoms with E-state index in [2.05, 4.69) is 60.7 Å². The topological polar surface area (TPSA) is 84.9 Å². The van der Waals surface area contributed by atoms with Gasteiger partial charge in [-0.05, 0) is 54.6 Å². The molecule has 1 saturated heterocycles. The molecule has 6 nitrogen and oxygen atoms in total. The molecule has 7 heteroatoms. The molecule has 0 aliphatic carbocycles. The van der Waals surface area contributed by atoms with E-state index in [9.17, 15) is 9.59 Å². The molecule has 0 spiro atoms. The summed E-state index contributed by atoms with van der Waals surface area (Å²) < 4.78 is 13.1. The van der Waals surface area contributed by atoms with Crippen LogP contribution in [0.3, 0.4) is 0 Å². The average molecular weight is 458 g/mol. The van der Waals surface area contributed by atoms with Crippen LogP contribution in [0.2, 0.25) is 16.6 Å². The van der Waals surface area contributed by atoms with Crippen LogP contribution >= 0.6 is 0 Å². The molecule has 1 amide bonds. The van der Waals surface area contributed by atoms with Crippen LogP contribution in [0.1, 0.15) is 94.4 Å². The van der Waals surface area contributed by atoms with Gasteiger partial charge in [-0.15, -0.1) is 0 Å². The molecule has 0 aromatic carbocycles. The Morgan fingerprint density at radius 1 is 1.10 bits per heavy atom. The number of hydrogen-bond acceptors (Lipinski definition) is 4. The second kappa shape index (κ2) is 12.2. The van der Waals surface area contributed by atoms with Gasteiger partial charge in [-0.1, -0.05) is 68.2 Å². The number of cyclic esters (lactones) is 1. The monoisotopic (exact) mass is 457 g/mol. The molecular formula is C24H47NO5Si. The summed E-state index contributed by atoms with van der Waals surface area (Å²) in [4.78, 5) is 23.9. The first kappa shape index (κ1) is 28.0. The molecule has 0 aromatic heterocycles. The number of carbonyl (C=O) groups excluding carboxylic acids is 1. The van der Waals surface area contributed by atoms with Crippen LogP contribution in [0, 0.1) is 11.8 Å². The van der Waals surface area contributed by atoms with Crippen LogP contribution in [0.15, 0.2) is 0 Å². The van der Waals surface area contributed by atoms with Crippen LogP contribution in [0.5, 0.6) is 0 Å². The molecule has 31 heavy (non-hydrogen) atoms. The van der Waals surface area contributed by atoms with Crippen molar-refractivity contribution in [3.8, 4) is 0 Å². The molecule has 1 heterocycles. The van der Waals surface area contributed by atoms with Gasteiger partial charge < -0.3 is 19.6 Å². The van der Waals surface area contributed by atoms with Gasteiger partial charge in [-0.25, -0.2) is 9.59 Å². The molecule has 0 saturated carbocycles. The standard InChI is InChI=1S/C24H47NO5Si/c1-15(2)13-14-20-11-10-12-21(25-24(27)28)23(26)29-19(9)22(20)30-31(16(3)4,17(5)6)18(7)8/h15-22,25H,10-14H2,1-9H3,(H,27,28)/t19-,20+,21-,22-/m0/s1. The summed E-state index contributed by atoms with van der Waals surface area (Å²) in [6, 6.07) is -0.813. The van der Waals surface area contributed by atoms with Crippen molar-refractivity contribution in [1.29, 1.82) is 0 Å². The summed E-state index contributed by atoms with van der Waals surface area (Å²) in [7, 11) is -2.18. The number of ether oxygens (including phenoxy) is 1. The maximum Gasteiger partial charge on any atom is 0.405 e. The molecule has 2 N–H and O–H groups in total. The van der Waals surface area contributed by atoms with Crippen LogP contribution in [-0.2, 0) is 14.0 Å². The van der Waals surface area contributed by atoms with Crippen molar-refractivity contribution in [2.24, 2.45) is 11.8 Å². The van der Waals surface area contributed by atoms with Crippen LogP contribution in [-0.4, -0.2) is 43.7 Å². The van der Waals surface area contributed by atoms with Crippen LogP contribution < -0.4 is 5.32 Å². The lowest BCUT2D eigenvalue weighted by Gasteiger charge is -2.47. The molecule has 4 atom stereocenters. The van der Waals surface area contributed by atoms with Gasteiger partial charge in [0.15, 0.2) is 0 Å². The lowest BCUT2D eigenvalue weighted by Crippen LogP contribution is -2.54. The zero-order valence-electron chi connectivity index (χ0n) is 21.2. The molecular weight excluding hydrogens is 410 g/mol. The lowest BCUT2D eigenvalue weighted by atomic mass is 9.86. The minimum Gasteiger partial charge on any atom is -0.465 e. The Morgan fingerprint density at radius 3 is 2.10 bits per heavy atom. The van der Waals surface area contributed by atoms with Crippen molar-refractivity contribution in [3.05, 3.63) is 0 Å². The van der Waals surface area contributed by atoms with Crippen LogP contribution in [0.25, 0.3) is 0 Å². The molecule has 182 valence electrons.